The van der Waals surface area contributed by atoms with E-state index in [0.29, 0.717) is 11.4 Å². The van der Waals surface area contributed by atoms with E-state index in [-0.39, 0.29) is 12.6 Å². The molecule has 2 rings (SSSR count). The molecule has 1 saturated carbocycles. The maximum atomic E-state index is 12.9. The van der Waals surface area contributed by atoms with Crippen LogP contribution in [0.3, 0.4) is 0 Å². The predicted octanol–water partition coefficient (Wildman–Crippen LogP) is 3.72. The van der Waals surface area contributed by atoms with Crippen molar-refractivity contribution in [3.8, 4) is 0 Å². The van der Waals surface area contributed by atoms with E-state index < -0.39 is 11.9 Å². The van der Waals surface area contributed by atoms with Gasteiger partial charge in [0.2, 0.25) is 0 Å². The second-order valence-electron chi connectivity index (χ2n) is 5.64. The van der Waals surface area contributed by atoms with Crippen LogP contribution in [0.25, 0.3) is 0 Å². The van der Waals surface area contributed by atoms with E-state index in [0.717, 1.165) is 31.7 Å². The monoisotopic (exact) mass is 301 g/mol. The number of hydrogen-bond acceptors (Lipinski definition) is 3. The van der Waals surface area contributed by atoms with Gasteiger partial charge < -0.3 is 10.6 Å². The fourth-order valence-electron chi connectivity index (χ4n) is 2.92. The Bertz CT molecular complexity index is 466. The standard InChI is InChI=1S/C15H22F3N3/c1-21(12-6-4-2-3-5-7-12)14-11(10-19)8-9-13(20-14)15(16,17)18/h8-9,12H,2-7,10,19H2,1H3. The van der Waals surface area contributed by atoms with Crippen LogP contribution in [0.2, 0.25) is 0 Å². The molecule has 1 heterocycles. The molecule has 0 saturated heterocycles. The smallest absolute Gasteiger partial charge is 0.356 e. The summed E-state index contributed by atoms with van der Waals surface area (Å²) in [6.45, 7) is 0.192. The van der Waals surface area contributed by atoms with Gasteiger partial charge in [0.1, 0.15) is 11.5 Å². The zero-order chi connectivity index (χ0) is 15.5. The maximum Gasteiger partial charge on any atom is 0.433 e. The molecular weight excluding hydrogens is 279 g/mol. The van der Waals surface area contributed by atoms with Crippen molar-refractivity contribution in [3.63, 3.8) is 0 Å². The van der Waals surface area contributed by atoms with Crippen molar-refractivity contribution in [1.29, 1.82) is 0 Å². The van der Waals surface area contributed by atoms with E-state index in [1.165, 1.54) is 18.9 Å². The van der Waals surface area contributed by atoms with Crippen LogP contribution in [0.15, 0.2) is 12.1 Å². The first-order valence-electron chi connectivity index (χ1n) is 7.43. The highest BCUT2D eigenvalue weighted by molar-refractivity contribution is 5.48. The lowest BCUT2D eigenvalue weighted by Crippen LogP contribution is -2.33. The lowest BCUT2D eigenvalue weighted by molar-refractivity contribution is -0.141. The van der Waals surface area contributed by atoms with Crippen LogP contribution in [-0.4, -0.2) is 18.1 Å². The number of hydrogen-bond donors (Lipinski definition) is 1. The molecule has 1 aliphatic rings. The molecule has 1 aromatic heterocycles. The molecule has 3 nitrogen and oxygen atoms in total. The highest BCUT2D eigenvalue weighted by Crippen LogP contribution is 2.32. The minimum Gasteiger partial charge on any atom is -0.356 e. The van der Waals surface area contributed by atoms with Crippen molar-refractivity contribution in [2.24, 2.45) is 5.73 Å². The van der Waals surface area contributed by atoms with Gasteiger partial charge in [-0.3, -0.25) is 0 Å². The summed E-state index contributed by atoms with van der Waals surface area (Å²) in [4.78, 5) is 5.73. The quantitative estimate of drug-likeness (QED) is 0.865. The zero-order valence-electron chi connectivity index (χ0n) is 12.3. The average Bonchev–Trinajstić information content (AvgIpc) is 2.74. The number of anilines is 1. The molecule has 0 aromatic carbocycles. The Hall–Kier alpha value is -1.30. The molecule has 0 bridgehead atoms. The molecular formula is C15H22F3N3. The largest absolute Gasteiger partial charge is 0.433 e. The second-order valence-corrected chi connectivity index (χ2v) is 5.64. The molecule has 2 N–H and O–H groups in total. The summed E-state index contributed by atoms with van der Waals surface area (Å²) in [7, 11) is 1.83. The highest BCUT2D eigenvalue weighted by atomic mass is 19.4. The predicted molar refractivity (Wildman–Crippen MR) is 77.0 cm³/mol. The lowest BCUT2D eigenvalue weighted by atomic mass is 10.1. The number of rotatable bonds is 3. The SMILES string of the molecule is CN(c1nc(C(F)(F)F)ccc1CN)C1CCCCCC1. The van der Waals surface area contributed by atoms with Crippen molar-refractivity contribution < 1.29 is 13.2 Å². The van der Waals surface area contributed by atoms with E-state index in [2.05, 4.69) is 4.98 Å². The molecule has 0 amide bonds. The average molecular weight is 301 g/mol. The number of pyridine rings is 1. The maximum absolute atomic E-state index is 12.9. The number of aromatic nitrogens is 1. The van der Waals surface area contributed by atoms with Gasteiger partial charge >= 0.3 is 6.18 Å². The summed E-state index contributed by atoms with van der Waals surface area (Å²) < 4.78 is 38.6. The van der Waals surface area contributed by atoms with Gasteiger partial charge in [-0.2, -0.15) is 13.2 Å². The Kier molecular flexibility index (Phi) is 5.08. The molecule has 0 unspecified atom stereocenters. The van der Waals surface area contributed by atoms with E-state index in [1.807, 2.05) is 11.9 Å². The van der Waals surface area contributed by atoms with Crippen LogP contribution < -0.4 is 10.6 Å². The van der Waals surface area contributed by atoms with Crippen molar-refractivity contribution in [2.45, 2.75) is 57.3 Å². The molecule has 0 atom stereocenters. The first-order chi connectivity index (χ1) is 9.93. The van der Waals surface area contributed by atoms with Crippen LogP contribution in [0, 0.1) is 0 Å². The molecule has 118 valence electrons. The molecule has 1 aromatic rings. The van der Waals surface area contributed by atoms with Crippen molar-refractivity contribution >= 4 is 5.82 Å². The van der Waals surface area contributed by atoms with Gasteiger partial charge in [-0.05, 0) is 18.9 Å². The fraction of sp³-hybridized carbons (Fsp3) is 0.667. The van der Waals surface area contributed by atoms with E-state index in [9.17, 15) is 13.2 Å². The van der Waals surface area contributed by atoms with Crippen LogP contribution >= 0.6 is 0 Å². The van der Waals surface area contributed by atoms with Gasteiger partial charge in [-0.1, -0.05) is 31.7 Å². The zero-order valence-corrected chi connectivity index (χ0v) is 12.3. The number of nitrogens with two attached hydrogens (primary N) is 1. The van der Waals surface area contributed by atoms with Gasteiger partial charge in [0.05, 0.1) is 0 Å². The van der Waals surface area contributed by atoms with E-state index in [4.69, 9.17) is 5.73 Å². The Balaban J connectivity index is 2.30. The summed E-state index contributed by atoms with van der Waals surface area (Å²) in [6.07, 6.45) is 2.20. The molecule has 6 heteroatoms. The van der Waals surface area contributed by atoms with Crippen molar-refractivity contribution in [1.82, 2.24) is 4.98 Å². The van der Waals surface area contributed by atoms with Crippen LogP contribution in [0.5, 0.6) is 0 Å². The lowest BCUT2D eigenvalue weighted by Gasteiger charge is -2.30. The minimum absolute atomic E-state index is 0.192. The van der Waals surface area contributed by atoms with Crippen molar-refractivity contribution in [2.75, 3.05) is 11.9 Å². The van der Waals surface area contributed by atoms with E-state index in [1.54, 1.807) is 0 Å². The number of halogens is 3. The first kappa shape index (κ1) is 16.1. The molecule has 0 aliphatic heterocycles. The minimum atomic E-state index is -4.42. The second kappa shape index (κ2) is 6.64. The topological polar surface area (TPSA) is 42.2 Å². The Morgan fingerprint density at radius 3 is 2.33 bits per heavy atom. The Morgan fingerprint density at radius 1 is 1.19 bits per heavy atom. The third kappa shape index (κ3) is 3.87. The number of alkyl halides is 3. The third-order valence-corrected chi connectivity index (χ3v) is 4.17. The molecule has 1 aliphatic carbocycles. The van der Waals surface area contributed by atoms with Gasteiger partial charge in [-0.15, -0.1) is 0 Å². The van der Waals surface area contributed by atoms with E-state index >= 15 is 0 Å². The molecule has 1 fully saturated rings. The summed E-state index contributed by atoms with van der Waals surface area (Å²) in [5.41, 5.74) is 5.47. The van der Waals surface area contributed by atoms with Crippen molar-refractivity contribution in [3.05, 3.63) is 23.4 Å². The molecule has 0 radical (unpaired) electrons. The fourth-order valence-corrected chi connectivity index (χ4v) is 2.92. The normalized spacial score (nSPS) is 17.6. The Labute approximate surface area is 123 Å². The Morgan fingerprint density at radius 2 is 1.81 bits per heavy atom. The summed E-state index contributed by atoms with van der Waals surface area (Å²) in [5, 5.41) is 0. The summed E-state index contributed by atoms with van der Waals surface area (Å²) in [5.74, 6) is 0.374. The van der Waals surface area contributed by atoms with Gasteiger partial charge in [0, 0.05) is 25.2 Å². The first-order valence-corrected chi connectivity index (χ1v) is 7.43. The third-order valence-electron chi connectivity index (χ3n) is 4.17. The summed E-state index contributed by atoms with van der Waals surface area (Å²) in [6, 6.07) is 2.69. The molecule has 21 heavy (non-hydrogen) atoms. The van der Waals surface area contributed by atoms with Crippen LogP contribution in [0.1, 0.15) is 49.8 Å². The van der Waals surface area contributed by atoms with Crippen LogP contribution in [0.4, 0.5) is 19.0 Å². The highest BCUT2D eigenvalue weighted by Gasteiger charge is 2.33. The van der Waals surface area contributed by atoms with Gasteiger partial charge in [0.15, 0.2) is 0 Å². The van der Waals surface area contributed by atoms with Gasteiger partial charge in [0.25, 0.3) is 0 Å². The number of nitrogens with zero attached hydrogens (tertiary/aromatic N) is 2. The summed E-state index contributed by atoms with van der Waals surface area (Å²) >= 11 is 0. The van der Waals surface area contributed by atoms with Crippen LogP contribution in [-0.2, 0) is 12.7 Å². The van der Waals surface area contributed by atoms with Gasteiger partial charge in [-0.25, -0.2) is 4.98 Å². The molecule has 0 spiro atoms.